The molecule has 2 aromatic rings. The molecular weight excluding hydrogens is 398 g/mol. The fourth-order valence-corrected chi connectivity index (χ4v) is 4.18. The molecule has 1 fully saturated rings. The van der Waals surface area contributed by atoms with Crippen LogP contribution in [0.1, 0.15) is 11.1 Å². The Labute approximate surface area is 172 Å². The smallest absolute Gasteiger partial charge is 0.266 e. The number of nitrogens with zero attached hydrogens (tertiary/aromatic N) is 1. The van der Waals surface area contributed by atoms with Crippen LogP contribution in [0.4, 0.5) is 0 Å². The molecule has 28 heavy (non-hydrogen) atoms. The number of thioether (sulfide) groups is 1. The monoisotopic (exact) mass is 415 g/mol. The van der Waals surface area contributed by atoms with Crippen molar-refractivity contribution in [1.82, 2.24) is 4.90 Å². The number of amides is 1. The second-order valence-corrected chi connectivity index (χ2v) is 7.74. The highest BCUT2D eigenvalue weighted by atomic mass is 32.2. The third kappa shape index (κ3) is 3.53. The molecule has 4 rings (SSSR count). The van der Waals surface area contributed by atoms with Gasteiger partial charge in [0.15, 0.2) is 11.5 Å². The minimum absolute atomic E-state index is 0.134. The van der Waals surface area contributed by atoms with Crippen molar-refractivity contribution in [1.29, 1.82) is 0 Å². The number of rotatable bonds is 5. The SMILES string of the molecule is COc1ccc(/C=C2/SC(=S)N(Cc3ccc4c(c3)OCO4)C2=O)c(OC)c1. The van der Waals surface area contributed by atoms with Gasteiger partial charge in [0.1, 0.15) is 15.8 Å². The van der Waals surface area contributed by atoms with E-state index in [1.165, 1.54) is 11.8 Å². The van der Waals surface area contributed by atoms with Crippen molar-refractivity contribution in [2.24, 2.45) is 0 Å². The molecule has 8 heteroatoms. The van der Waals surface area contributed by atoms with E-state index in [1.807, 2.05) is 30.3 Å². The van der Waals surface area contributed by atoms with Gasteiger partial charge in [-0.15, -0.1) is 0 Å². The molecule has 2 heterocycles. The molecule has 0 unspecified atom stereocenters. The standard InChI is InChI=1S/C20H17NO5S2/c1-23-14-5-4-13(16(9-14)24-2)8-18-19(22)21(20(27)28-18)10-12-3-6-15-17(7-12)26-11-25-15/h3-9H,10-11H2,1-2H3/b18-8+. The van der Waals surface area contributed by atoms with E-state index in [0.29, 0.717) is 38.8 Å². The summed E-state index contributed by atoms with van der Waals surface area (Å²) in [6.45, 7) is 0.588. The average Bonchev–Trinajstić information content (AvgIpc) is 3.28. The Kier molecular flexibility index (Phi) is 5.15. The zero-order chi connectivity index (χ0) is 19.7. The van der Waals surface area contributed by atoms with Crippen LogP contribution in [0.5, 0.6) is 23.0 Å². The molecule has 6 nitrogen and oxygen atoms in total. The van der Waals surface area contributed by atoms with E-state index in [0.717, 1.165) is 11.1 Å². The van der Waals surface area contributed by atoms with Gasteiger partial charge in [-0.05, 0) is 35.9 Å². The summed E-state index contributed by atoms with van der Waals surface area (Å²) >= 11 is 6.71. The van der Waals surface area contributed by atoms with Gasteiger partial charge in [-0.1, -0.05) is 30.0 Å². The number of hydrogen-bond acceptors (Lipinski definition) is 7. The van der Waals surface area contributed by atoms with Gasteiger partial charge in [0, 0.05) is 11.6 Å². The van der Waals surface area contributed by atoms with Gasteiger partial charge in [0.2, 0.25) is 6.79 Å². The van der Waals surface area contributed by atoms with Crippen LogP contribution in [-0.2, 0) is 11.3 Å². The molecule has 2 aliphatic rings. The molecule has 0 spiro atoms. The zero-order valence-electron chi connectivity index (χ0n) is 15.3. The van der Waals surface area contributed by atoms with Crippen molar-refractivity contribution < 1.29 is 23.7 Å². The number of fused-ring (bicyclic) bond motifs is 1. The van der Waals surface area contributed by atoms with Crippen LogP contribution in [-0.4, -0.2) is 36.1 Å². The first kappa shape index (κ1) is 18.6. The van der Waals surface area contributed by atoms with Gasteiger partial charge >= 0.3 is 0 Å². The molecule has 2 aliphatic heterocycles. The van der Waals surface area contributed by atoms with E-state index in [4.69, 9.17) is 31.2 Å². The second kappa shape index (κ2) is 7.73. The summed E-state index contributed by atoms with van der Waals surface area (Å²) in [5.41, 5.74) is 1.70. The van der Waals surface area contributed by atoms with E-state index < -0.39 is 0 Å². The van der Waals surface area contributed by atoms with Crippen LogP contribution in [0.2, 0.25) is 0 Å². The summed E-state index contributed by atoms with van der Waals surface area (Å²) in [5, 5.41) is 0. The number of benzene rings is 2. The quantitative estimate of drug-likeness (QED) is 0.543. The lowest BCUT2D eigenvalue weighted by Gasteiger charge is -2.14. The molecule has 0 aromatic heterocycles. The first-order chi connectivity index (χ1) is 13.6. The second-order valence-electron chi connectivity index (χ2n) is 6.06. The molecule has 144 valence electrons. The third-order valence-electron chi connectivity index (χ3n) is 4.38. The number of carbonyl (C=O) groups excluding carboxylic acids is 1. The molecule has 2 aromatic carbocycles. The predicted molar refractivity (Wildman–Crippen MR) is 111 cm³/mol. The minimum Gasteiger partial charge on any atom is -0.497 e. The average molecular weight is 415 g/mol. The van der Waals surface area contributed by atoms with Gasteiger partial charge in [0.05, 0.1) is 25.7 Å². The molecule has 0 saturated carbocycles. The molecule has 0 radical (unpaired) electrons. The Hall–Kier alpha value is -2.71. The van der Waals surface area contributed by atoms with E-state index in [-0.39, 0.29) is 12.7 Å². The lowest BCUT2D eigenvalue weighted by molar-refractivity contribution is -0.122. The molecule has 0 atom stereocenters. The predicted octanol–water partition coefficient (Wildman–Crippen LogP) is 3.83. The van der Waals surface area contributed by atoms with Gasteiger partial charge in [-0.2, -0.15) is 0 Å². The molecule has 0 N–H and O–H groups in total. The summed E-state index contributed by atoms with van der Waals surface area (Å²) in [6, 6.07) is 11.1. The number of methoxy groups -OCH3 is 2. The summed E-state index contributed by atoms with van der Waals surface area (Å²) in [6.07, 6.45) is 1.79. The van der Waals surface area contributed by atoms with Gasteiger partial charge in [-0.3, -0.25) is 9.69 Å². The summed E-state index contributed by atoms with van der Waals surface area (Å²) in [4.78, 5) is 15.0. The number of ether oxygens (including phenoxy) is 4. The highest BCUT2D eigenvalue weighted by Gasteiger charge is 2.32. The molecule has 0 aliphatic carbocycles. The molecule has 1 amide bonds. The largest absolute Gasteiger partial charge is 0.497 e. The van der Waals surface area contributed by atoms with Crippen LogP contribution < -0.4 is 18.9 Å². The number of thiocarbonyl (C=S) groups is 1. The highest BCUT2D eigenvalue weighted by Crippen LogP contribution is 2.37. The summed E-state index contributed by atoms with van der Waals surface area (Å²) in [5.74, 6) is 2.57. The Bertz CT molecular complexity index is 989. The third-order valence-corrected chi connectivity index (χ3v) is 5.76. The number of hydrogen-bond donors (Lipinski definition) is 0. The van der Waals surface area contributed by atoms with E-state index in [2.05, 4.69) is 0 Å². The summed E-state index contributed by atoms with van der Waals surface area (Å²) < 4.78 is 21.9. The van der Waals surface area contributed by atoms with E-state index in [9.17, 15) is 4.79 Å². The fourth-order valence-electron chi connectivity index (χ4n) is 2.94. The van der Waals surface area contributed by atoms with Gasteiger partial charge < -0.3 is 18.9 Å². The number of carbonyl (C=O) groups is 1. The van der Waals surface area contributed by atoms with Crippen LogP contribution >= 0.6 is 24.0 Å². The maximum atomic E-state index is 12.9. The maximum absolute atomic E-state index is 12.9. The van der Waals surface area contributed by atoms with Crippen molar-refractivity contribution in [2.75, 3.05) is 21.0 Å². The van der Waals surface area contributed by atoms with Gasteiger partial charge in [-0.25, -0.2) is 0 Å². The topological polar surface area (TPSA) is 57.2 Å². The molecule has 0 bridgehead atoms. The Balaban J connectivity index is 1.56. The fraction of sp³-hybridized carbons (Fsp3) is 0.200. The Morgan fingerprint density at radius 3 is 2.75 bits per heavy atom. The van der Waals surface area contributed by atoms with Crippen molar-refractivity contribution >= 4 is 40.3 Å². The first-order valence-electron chi connectivity index (χ1n) is 8.45. The normalized spacial score (nSPS) is 16.8. The van der Waals surface area contributed by atoms with Crippen molar-refractivity contribution in [3.05, 3.63) is 52.4 Å². The van der Waals surface area contributed by atoms with Crippen LogP contribution in [0, 0.1) is 0 Å². The highest BCUT2D eigenvalue weighted by molar-refractivity contribution is 8.26. The van der Waals surface area contributed by atoms with Crippen LogP contribution in [0.25, 0.3) is 6.08 Å². The van der Waals surface area contributed by atoms with Crippen molar-refractivity contribution in [2.45, 2.75) is 6.54 Å². The van der Waals surface area contributed by atoms with Crippen LogP contribution in [0.3, 0.4) is 0 Å². The lowest BCUT2D eigenvalue weighted by atomic mass is 10.1. The zero-order valence-corrected chi connectivity index (χ0v) is 16.9. The molecular formula is C20H17NO5S2. The van der Waals surface area contributed by atoms with E-state index >= 15 is 0 Å². The molecule has 1 saturated heterocycles. The first-order valence-corrected chi connectivity index (χ1v) is 9.67. The van der Waals surface area contributed by atoms with Crippen molar-refractivity contribution in [3.63, 3.8) is 0 Å². The maximum Gasteiger partial charge on any atom is 0.266 e. The minimum atomic E-state index is -0.134. The van der Waals surface area contributed by atoms with Crippen molar-refractivity contribution in [3.8, 4) is 23.0 Å². The Morgan fingerprint density at radius 1 is 1.14 bits per heavy atom. The lowest BCUT2D eigenvalue weighted by Crippen LogP contribution is -2.27. The van der Waals surface area contributed by atoms with Gasteiger partial charge in [0.25, 0.3) is 5.91 Å². The Morgan fingerprint density at radius 2 is 1.96 bits per heavy atom. The van der Waals surface area contributed by atoms with Crippen LogP contribution in [0.15, 0.2) is 41.3 Å². The van der Waals surface area contributed by atoms with E-state index in [1.54, 1.807) is 31.3 Å². The summed E-state index contributed by atoms with van der Waals surface area (Å²) in [7, 11) is 3.17.